The van der Waals surface area contributed by atoms with Gasteiger partial charge in [0, 0.05) is 33.6 Å². The summed E-state index contributed by atoms with van der Waals surface area (Å²) >= 11 is 0. The van der Waals surface area contributed by atoms with Crippen molar-refractivity contribution in [2.45, 2.75) is 18.9 Å². The summed E-state index contributed by atoms with van der Waals surface area (Å²) in [4.78, 5) is 27.3. The average molecular weight is 320 g/mol. The molecule has 3 amide bonds. The second kappa shape index (κ2) is 9.84. The molecule has 1 atom stereocenters. The number of likely N-dealkylation sites (N-methyl/N-ethyl adjacent to an activating group) is 2. The summed E-state index contributed by atoms with van der Waals surface area (Å²) in [6.45, 7) is 1.23. The van der Waals surface area contributed by atoms with Crippen molar-refractivity contribution in [1.29, 1.82) is 0 Å². The van der Waals surface area contributed by atoms with Crippen LogP contribution in [0.25, 0.3) is 0 Å². The first-order valence-corrected chi connectivity index (χ1v) is 7.86. The number of hydrogen-bond acceptors (Lipinski definition) is 3. The maximum atomic E-state index is 12.3. The van der Waals surface area contributed by atoms with Gasteiger partial charge in [0.25, 0.3) is 0 Å². The van der Waals surface area contributed by atoms with Gasteiger partial charge in [-0.2, -0.15) is 0 Å². The molecule has 6 heteroatoms. The summed E-state index contributed by atoms with van der Waals surface area (Å²) in [5.74, 6) is -0.0117. The molecular weight excluding hydrogens is 292 g/mol. The highest BCUT2D eigenvalue weighted by Crippen LogP contribution is 2.19. The minimum absolute atomic E-state index is 0.0117. The van der Waals surface area contributed by atoms with Crippen LogP contribution in [0, 0.1) is 0 Å². The van der Waals surface area contributed by atoms with Gasteiger partial charge in [-0.15, -0.1) is 0 Å². The van der Waals surface area contributed by atoms with Crippen LogP contribution >= 0.6 is 0 Å². The Balaban J connectivity index is 2.60. The molecule has 1 aromatic rings. The van der Waals surface area contributed by atoms with Gasteiger partial charge in [0.05, 0.1) is 6.04 Å². The molecule has 2 N–H and O–H groups in total. The third-order valence-electron chi connectivity index (χ3n) is 3.65. The van der Waals surface area contributed by atoms with Crippen LogP contribution in [0.3, 0.4) is 0 Å². The summed E-state index contributed by atoms with van der Waals surface area (Å²) in [5, 5.41) is 5.44. The molecule has 0 aliphatic rings. The first kappa shape index (κ1) is 19.0. The molecule has 6 nitrogen and oxygen atoms in total. The van der Waals surface area contributed by atoms with Crippen molar-refractivity contribution in [3.8, 4) is 0 Å². The molecule has 0 aromatic heterocycles. The van der Waals surface area contributed by atoms with E-state index in [1.54, 1.807) is 19.0 Å². The van der Waals surface area contributed by atoms with E-state index < -0.39 is 0 Å². The van der Waals surface area contributed by atoms with Crippen molar-refractivity contribution < 1.29 is 9.59 Å². The van der Waals surface area contributed by atoms with E-state index in [1.165, 1.54) is 0 Å². The molecule has 0 saturated heterocycles. The van der Waals surface area contributed by atoms with E-state index in [1.807, 2.05) is 44.4 Å². The number of nitrogens with one attached hydrogen (secondary N) is 2. The molecule has 0 spiro atoms. The Hall–Kier alpha value is -2.08. The van der Waals surface area contributed by atoms with Crippen molar-refractivity contribution in [2.75, 3.05) is 41.3 Å². The number of carbonyl (C=O) groups is 2. The van der Waals surface area contributed by atoms with Gasteiger partial charge in [0.1, 0.15) is 0 Å². The smallest absolute Gasteiger partial charge is 0.317 e. The minimum Gasteiger partial charge on any atom is -0.359 e. The predicted octanol–water partition coefficient (Wildman–Crippen LogP) is 1.46. The van der Waals surface area contributed by atoms with Gasteiger partial charge in [-0.05, 0) is 26.1 Å². The fourth-order valence-electron chi connectivity index (χ4n) is 2.31. The van der Waals surface area contributed by atoms with Crippen LogP contribution in [0.4, 0.5) is 4.79 Å². The van der Waals surface area contributed by atoms with Crippen molar-refractivity contribution in [1.82, 2.24) is 20.4 Å². The van der Waals surface area contributed by atoms with Crippen LogP contribution in [-0.4, -0.2) is 63.0 Å². The second-order valence-electron chi connectivity index (χ2n) is 5.81. The molecule has 128 valence electrons. The zero-order chi connectivity index (χ0) is 17.2. The quantitative estimate of drug-likeness (QED) is 0.713. The van der Waals surface area contributed by atoms with Gasteiger partial charge in [-0.3, -0.25) is 4.79 Å². The maximum Gasteiger partial charge on any atom is 0.317 e. The summed E-state index contributed by atoms with van der Waals surface area (Å²) in [7, 11) is 7.39. The molecule has 0 radical (unpaired) electrons. The van der Waals surface area contributed by atoms with E-state index >= 15 is 0 Å². The predicted molar refractivity (Wildman–Crippen MR) is 92.2 cm³/mol. The van der Waals surface area contributed by atoms with Crippen LogP contribution in [0.2, 0.25) is 0 Å². The number of amides is 3. The summed E-state index contributed by atoms with van der Waals surface area (Å²) in [5.41, 5.74) is 1.10. The van der Waals surface area contributed by atoms with Crippen molar-refractivity contribution >= 4 is 11.9 Å². The molecule has 0 bridgehead atoms. The average Bonchev–Trinajstić information content (AvgIpc) is 2.56. The monoisotopic (exact) mass is 320 g/mol. The van der Waals surface area contributed by atoms with Crippen molar-refractivity contribution in [2.24, 2.45) is 0 Å². The Morgan fingerprint density at radius 1 is 1.13 bits per heavy atom. The van der Waals surface area contributed by atoms with Crippen molar-refractivity contribution in [3.63, 3.8) is 0 Å². The molecule has 1 aromatic carbocycles. The highest BCUT2D eigenvalue weighted by molar-refractivity contribution is 5.76. The summed E-state index contributed by atoms with van der Waals surface area (Å²) in [6, 6.07) is 9.84. The van der Waals surface area contributed by atoms with Gasteiger partial charge >= 0.3 is 6.03 Å². The van der Waals surface area contributed by atoms with Crippen LogP contribution < -0.4 is 10.6 Å². The highest BCUT2D eigenvalue weighted by Gasteiger charge is 2.21. The zero-order valence-corrected chi connectivity index (χ0v) is 14.5. The Morgan fingerprint density at radius 2 is 1.78 bits per heavy atom. The zero-order valence-electron chi connectivity index (χ0n) is 14.5. The molecule has 23 heavy (non-hydrogen) atoms. The molecular formula is C17H28N4O2. The molecule has 1 unspecified atom stereocenters. The fourth-order valence-corrected chi connectivity index (χ4v) is 2.31. The van der Waals surface area contributed by atoms with E-state index in [0.29, 0.717) is 19.4 Å². The van der Waals surface area contributed by atoms with Gasteiger partial charge < -0.3 is 20.4 Å². The normalized spacial score (nSPS) is 11.9. The van der Waals surface area contributed by atoms with E-state index in [0.717, 1.165) is 12.1 Å². The van der Waals surface area contributed by atoms with Crippen LogP contribution in [-0.2, 0) is 4.79 Å². The molecule has 1 rings (SSSR count). The number of hydrogen-bond donors (Lipinski definition) is 2. The summed E-state index contributed by atoms with van der Waals surface area (Å²) < 4.78 is 0. The standard InChI is InChI=1S/C17H28N4O2/c1-18-16(22)11-8-12-19-17(23)21(4)15(13-20(2)3)14-9-6-5-7-10-14/h5-7,9-10,15H,8,11-13H2,1-4H3,(H,18,22)(H,19,23). The maximum absolute atomic E-state index is 12.3. The van der Waals surface area contributed by atoms with E-state index in [9.17, 15) is 9.59 Å². The van der Waals surface area contributed by atoms with Gasteiger partial charge in [-0.1, -0.05) is 30.3 Å². The third-order valence-corrected chi connectivity index (χ3v) is 3.65. The highest BCUT2D eigenvalue weighted by atomic mass is 16.2. The number of rotatable bonds is 8. The number of urea groups is 1. The first-order chi connectivity index (χ1) is 11.0. The van der Waals surface area contributed by atoms with E-state index in [4.69, 9.17) is 0 Å². The molecule has 0 aliphatic heterocycles. The van der Waals surface area contributed by atoms with Gasteiger partial charge in [-0.25, -0.2) is 4.79 Å². The van der Waals surface area contributed by atoms with Crippen LogP contribution in [0.15, 0.2) is 30.3 Å². The Kier molecular flexibility index (Phi) is 8.11. The van der Waals surface area contributed by atoms with Gasteiger partial charge in [0.15, 0.2) is 0 Å². The fraction of sp³-hybridized carbons (Fsp3) is 0.529. The molecule has 0 fully saturated rings. The third kappa shape index (κ3) is 6.69. The SMILES string of the molecule is CNC(=O)CCCNC(=O)N(C)C(CN(C)C)c1ccccc1. The Labute approximate surface area is 138 Å². The summed E-state index contributed by atoms with van der Waals surface area (Å²) in [6.07, 6.45) is 1.04. The van der Waals surface area contributed by atoms with Crippen LogP contribution in [0.1, 0.15) is 24.4 Å². The number of carbonyl (C=O) groups excluding carboxylic acids is 2. The topological polar surface area (TPSA) is 64.7 Å². The second-order valence-corrected chi connectivity index (χ2v) is 5.81. The lowest BCUT2D eigenvalue weighted by atomic mass is 10.1. The van der Waals surface area contributed by atoms with Gasteiger partial charge in [0.2, 0.25) is 5.91 Å². The lowest BCUT2D eigenvalue weighted by molar-refractivity contribution is -0.120. The number of nitrogens with zero attached hydrogens (tertiary/aromatic N) is 2. The molecule has 0 heterocycles. The van der Waals surface area contributed by atoms with Crippen molar-refractivity contribution in [3.05, 3.63) is 35.9 Å². The minimum atomic E-state index is -0.127. The number of benzene rings is 1. The lowest BCUT2D eigenvalue weighted by Gasteiger charge is -2.31. The Morgan fingerprint density at radius 3 is 2.35 bits per heavy atom. The molecule has 0 aliphatic carbocycles. The lowest BCUT2D eigenvalue weighted by Crippen LogP contribution is -2.43. The first-order valence-electron chi connectivity index (χ1n) is 7.86. The largest absolute Gasteiger partial charge is 0.359 e. The molecule has 0 saturated carbocycles. The van der Waals surface area contributed by atoms with Crippen LogP contribution in [0.5, 0.6) is 0 Å². The Bertz CT molecular complexity index is 491. The van der Waals surface area contributed by atoms with E-state index in [2.05, 4.69) is 15.5 Å². The van der Waals surface area contributed by atoms with E-state index in [-0.39, 0.29) is 18.0 Å².